The number of halogens is 2. The molecular weight excluding hydrogens is 325 g/mol. The summed E-state index contributed by atoms with van der Waals surface area (Å²) in [4.78, 5) is 1.12. The first-order valence-electron chi connectivity index (χ1n) is 6.35. The maximum absolute atomic E-state index is 14.2. The molecule has 0 aliphatic heterocycles. The quantitative estimate of drug-likeness (QED) is 0.802. The van der Waals surface area contributed by atoms with Gasteiger partial charge in [0.2, 0.25) is 0 Å². The van der Waals surface area contributed by atoms with Gasteiger partial charge in [0.15, 0.2) is 0 Å². The second kappa shape index (κ2) is 6.64. The number of hydrogen-bond acceptors (Lipinski definition) is 2. The molecule has 19 heavy (non-hydrogen) atoms. The molecule has 0 aliphatic carbocycles. The molecule has 2 aromatic rings. The van der Waals surface area contributed by atoms with E-state index in [2.05, 4.69) is 28.2 Å². The van der Waals surface area contributed by atoms with Crippen LogP contribution in [0.25, 0.3) is 0 Å². The third-order valence-electron chi connectivity index (χ3n) is 2.97. The van der Waals surface area contributed by atoms with Crippen molar-refractivity contribution >= 4 is 27.3 Å². The Morgan fingerprint density at radius 2 is 2.16 bits per heavy atom. The van der Waals surface area contributed by atoms with Crippen LogP contribution in [0, 0.1) is 12.7 Å². The summed E-state index contributed by atoms with van der Waals surface area (Å²) < 4.78 is 15.2. The van der Waals surface area contributed by atoms with E-state index in [1.54, 1.807) is 17.4 Å². The number of aryl methyl sites for hydroxylation is 1. The maximum atomic E-state index is 14.2. The second-order valence-corrected chi connectivity index (χ2v) is 6.35. The molecule has 1 heterocycles. The summed E-state index contributed by atoms with van der Waals surface area (Å²) in [5.41, 5.74) is 1.66. The van der Waals surface area contributed by atoms with Crippen molar-refractivity contribution in [1.29, 1.82) is 0 Å². The number of hydrogen-bond donors (Lipinski definition) is 1. The van der Waals surface area contributed by atoms with Gasteiger partial charge < -0.3 is 5.32 Å². The van der Waals surface area contributed by atoms with Gasteiger partial charge in [-0.1, -0.05) is 19.1 Å². The first-order valence-corrected chi connectivity index (χ1v) is 8.03. The Kier molecular flexibility index (Phi) is 5.13. The van der Waals surface area contributed by atoms with Crippen molar-refractivity contribution in [3.8, 4) is 0 Å². The zero-order chi connectivity index (χ0) is 13.8. The van der Waals surface area contributed by atoms with Crippen LogP contribution >= 0.6 is 27.3 Å². The van der Waals surface area contributed by atoms with E-state index in [0.717, 1.165) is 27.9 Å². The van der Waals surface area contributed by atoms with Crippen LogP contribution < -0.4 is 5.32 Å². The Bertz CT molecular complexity index is 553. The molecule has 0 radical (unpaired) electrons. The molecule has 0 saturated heterocycles. The Labute approximate surface area is 126 Å². The number of nitrogens with one attached hydrogen (secondary N) is 1. The summed E-state index contributed by atoms with van der Waals surface area (Å²) >= 11 is 5.18. The van der Waals surface area contributed by atoms with Gasteiger partial charge in [0.1, 0.15) is 5.82 Å². The van der Waals surface area contributed by atoms with Crippen molar-refractivity contribution in [1.82, 2.24) is 5.32 Å². The lowest BCUT2D eigenvalue weighted by atomic mass is 10.0. The van der Waals surface area contributed by atoms with Gasteiger partial charge in [-0.3, -0.25) is 0 Å². The fourth-order valence-electron chi connectivity index (χ4n) is 2.01. The predicted molar refractivity (Wildman–Crippen MR) is 83.3 cm³/mol. The summed E-state index contributed by atoms with van der Waals surface area (Å²) in [5.74, 6) is -0.145. The number of rotatable bonds is 5. The molecule has 0 spiro atoms. The largest absolute Gasteiger partial charge is 0.305 e. The Balaban J connectivity index is 2.40. The molecule has 0 saturated carbocycles. The van der Waals surface area contributed by atoms with Gasteiger partial charge in [-0.2, -0.15) is 0 Å². The van der Waals surface area contributed by atoms with E-state index in [0.29, 0.717) is 5.56 Å². The van der Waals surface area contributed by atoms with Crippen LogP contribution in [0.2, 0.25) is 0 Å². The van der Waals surface area contributed by atoms with E-state index in [9.17, 15) is 4.39 Å². The van der Waals surface area contributed by atoms with Crippen LogP contribution in [-0.4, -0.2) is 6.54 Å². The average molecular weight is 342 g/mol. The van der Waals surface area contributed by atoms with E-state index in [-0.39, 0.29) is 11.9 Å². The van der Waals surface area contributed by atoms with Crippen molar-refractivity contribution in [3.05, 3.63) is 55.9 Å². The monoisotopic (exact) mass is 341 g/mol. The highest BCUT2D eigenvalue weighted by molar-refractivity contribution is 9.10. The van der Waals surface area contributed by atoms with Gasteiger partial charge in [0.25, 0.3) is 0 Å². The Hall–Kier alpha value is -0.710. The molecule has 1 unspecified atom stereocenters. The van der Waals surface area contributed by atoms with Gasteiger partial charge >= 0.3 is 0 Å². The summed E-state index contributed by atoms with van der Waals surface area (Å²) in [6, 6.07) is 7.35. The second-order valence-electron chi connectivity index (χ2n) is 4.54. The molecule has 102 valence electrons. The predicted octanol–water partition coefficient (Wildman–Crippen LogP) is 5.05. The van der Waals surface area contributed by atoms with Crippen molar-refractivity contribution in [2.24, 2.45) is 0 Å². The minimum absolute atomic E-state index is 0.0880. The van der Waals surface area contributed by atoms with Gasteiger partial charge in [0.05, 0.1) is 6.04 Å². The third kappa shape index (κ3) is 3.44. The van der Waals surface area contributed by atoms with Crippen LogP contribution in [0.15, 0.2) is 34.1 Å². The molecule has 1 atom stereocenters. The highest BCUT2D eigenvalue weighted by Crippen LogP contribution is 2.34. The minimum atomic E-state index is -0.145. The summed E-state index contributed by atoms with van der Waals surface area (Å²) in [5, 5.41) is 5.45. The molecule has 0 bridgehead atoms. The molecule has 0 amide bonds. The van der Waals surface area contributed by atoms with E-state index < -0.39 is 0 Å². The average Bonchev–Trinajstić information content (AvgIpc) is 2.78. The highest BCUT2D eigenvalue weighted by atomic mass is 79.9. The lowest BCUT2D eigenvalue weighted by Gasteiger charge is -2.19. The van der Waals surface area contributed by atoms with E-state index >= 15 is 0 Å². The van der Waals surface area contributed by atoms with Crippen LogP contribution in [0.4, 0.5) is 4.39 Å². The SMILES string of the molecule is CCCNC(c1ccc(C)cc1F)c1sccc1Br. The van der Waals surface area contributed by atoms with E-state index in [4.69, 9.17) is 0 Å². The number of benzene rings is 1. The van der Waals surface area contributed by atoms with Crippen molar-refractivity contribution in [3.63, 3.8) is 0 Å². The first-order chi connectivity index (χ1) is 9.13. The lowest BCUT2D eigenvalue weighted by Crippen LogP contribution is -2.23. The van der Waals surface area contributed by atoms with Crippen LogP contribution in [0.3, 0.4) is 0 Å². The molecule has 0 aliphatic rings. The third-order valence-corrected chi connectivity index (χ3v) is 4.91. The molecule has 1 N–H and O–H groups in total. The summed E-state index contributed by atoms with van der Waals surface area (Å²) in [7, 11) is 0. The van der Waals surface area contributed by atoms with Gasteiger partial charge in [-0.15, -0.1) is 11.3 Å². The summed E-state index contributed by atoms with van der Waals surface area (Å²) in [6.45, 7) is 4.88. The van der Waals surface area contributed by atoms with Gasteiger partial charge in [-0.05, 0) is 58.9 Å². The van der Waals surface area contributed by atoms with Crippen LogP contribution in [0.1, 0.15) is 35.4 Å². The molecule has 2 rings (SSSR count). The van der Waals surface area contributed by atoms with Crippen LogP contribution in [0.5, 0.6) is 0 Å². The van der Waals surface area contributed by atoms with Crippen molar-refractivity contribution in [2.45, 2.75) is 26.3 Å². The van der Waals surface area contributed by atoms with Crippen molar-refractivity contribution < 1.29 is 4.39 Å². The fourth-order valence-corrected chi connectivity index (χ4v) is 3.70. The summed E-state index contributed by atoms with van der Waals surface area (Å²) in [6.07, 6.45) is 1.02. The molecular formula is C15H17BrFNS. The van der Waals surface area contributed by atoms with Crippen LogP contribution in [-0.2, 0) is 0 Å². The molecule has 4 heteroatoms. The minimum Gasteiger partial charge on any atom is -0.305 e. The molecule has 0 fully saturated rings. The fraction of sp³-hybridized carbons (Fsp3) is 0.333. The zero-order valence-electron chi connectivity index (χ0n) is 11.0. The van der Waals surface area contributed by atoms with Crippen molar-refractivity contribution in [2.75, 3.05) is 6.54 Å². The number of thiophene rings is 1. The van der Waals surface area contributed by atoms with E-state index in [1.807, 2.05) is 30.5 Å². The Morgan fingerprint density at radius 3 is 2.74 bits per heavy atom. The van der Waals surface area contributed by atoms with E-state index in [1.165, 1.54) is 0 Å². The zero-order valence-corrected chi connectivity index (χ0v) is 13.4. The molecule has 1 nitrogen and oxygen atoms in total. The normalized spacial score (nSPS) is 12.6. The van der Waals surface area contributed by atoms with Gasteiger partial charge in [0, 0.05) is 14.9 Å². The lowest BCUT2D eigenvalue weighted by molar-refractivity contribution is 0.549. The standard InChI is InChI=1S/C15H17BrFNS/c1-3-7-18-14(15-12(16)6-8-19-15)11-5-4-10(2)9-13(11)17/h4-6,8-9,14,18H,3,7H2,1-2H3. The first kappa shape index (κ1) is 14.7. The van der Waals surface area contributed by atoms with Gasteiger partial charge in [-0.25, -0.2) is 4.39 Å². The molecule has 1 aromatic carbocycles. The smallest absolute Gasteiger partial charge is 0.128 e. The maximum Gasteiger partial charge on any atom is 0.128 e. The molecule has 1 aromatic heterocycles. The highest BCUT2D eigenvalue weighted by Gasteiger charge is 2.20. The topological polar surface area (TPSA) is 12.0 Å². The Morgan fingerprint density at radius 1 is 1.37 bits per heavy atom.